The number of fused-ring (bicyclic) bond motifs is 1. The molecule has 0 aliphatic carbocycles. The molecule has 0 aromatic heterocycles. The van der Waals surface area contributed by atoms with E-state index in [-0.39, 0.29) is 30.3 Å². The fraction of sp³-hybridized carbons (Fsp3) is 0.314. The van der Waals surface area contributed by atoms with Crippen LogP contribution in [0.25, 0.3) is 0 Å². The van der Waals surface area contributed by atoms with Gasteiger partial charge in [-0.15, -0.1) is 0 Å². The fourth-order valence-corrected chi connectivity index (χ4v) is 7.35. The maximum Gasteiger partial charge on any atom is 0.312 e. The molecule has 254 valence electrons. The Bertz CT molecular complexity index is 1800. The van der Waals surface area contributed by atoms with Crippen LogP contribution in [0.15, 0.2) is 89.8 Å². The maximum atomic E-state index is 14.2. The van der Waals surface area contributed by atoms with E-state index in [0.29, 0.717) is 40.7 Å². The van der Waals surface area contributed by atoms with Crippen molar-refractivity contribution in [2.24, 2.45) is 0 Å². The summed E-state index contributed by atoms with van der Waals surface area (Å²) < 4.78 is 58.2. The number of benzene rings is 4. The molecule has 11 nitrogen and oxygen atoms in total. The van der Waals surface area contributed by atoms with Crippen molar-refractivity contribution in [3.63, 3.8) is 0 Å². The molecule has 0 saturated carbocycles. The summed E-state index contributed by atoms with van der Waals surface area (Å²) in [5.41, 5.74) is 1.58. The molecule has 0 bridgehead atoms. The van der Waals surface area contributed by atoms with Crippen LogP contribution >= 0.6 is 11.6 Å². The molecule has 0 fully saturated rings. The van der Waals surface area contributed by atoms with Gasteiger partial charge in [-0.2, -0.15) is 4.31 Å². The van der Waals surface area contributed by atoms with Gasteiger partial charge < -0.3 is 23.7 Å². The van der Waals surface area contributed by atoms with E-state index < -0.39 is 32.3 Å². The average molecular weight is 697 g/mol. The minimum absolute atomic E-state index is 0.00258. The van der Waals surface area contributed by atoms with Crippen LogP contribution in [0.1, 0.15) is 29.2 Å². The standard InChI is InChI=1S/C35H37ClN2O9S/c1-24(43-2)35(32-15-9-28(36)19-27(32)17-18-47-35)23-46-34-16-14-31(20-33(34)38(39)40)48(41,42)37(21-25-5-10-29(44-3)11-6-25)22-26-7-12-30(45-4)13-8-26/h5-16,19-20,24H,17-18,21-23H2,1-4H3/t24?,35-/m0/s1. The van der Waals surface area contributed by atoms with Gasteiger partial charge in [-0.25, -0.2) is 8.42 Å². The van der Waals surface area contributed by atoms with E-state index in [1.165, 1.54) is 16.4 Å². The van der Waals surface area contributed by atoms with Crippen molar-refractivity contribution >= 4 is 27.3 Å². The average Bonchev–Trinajstić information content (AvgIpc) is 3.10. The van der Waals surface area contributed by atoms with Crippen molar-refractivity contribution in [1.29, 1.82) is 0 Å². The van der Waals surface area contributed by atoms with Gasteiger partial charge in [-0.05, 0) is 84.1 Å². The molecule has 0 amide bonds. The van der Waals surface area contributed by atoms with Gasteiger partial charge in [0.1, 0.15) is 18.1 Å². The number of halogens is 1. The third kappa shape index (κ3) is 7.43. The number of nitro benzene ring substituents is 1. The molecule has 1 aliphatic heterocycles. The number of ether oxygens (including phenoxy) is 5. The minimum Gasteiger partial charge on any atom is -0.497 e. The molecular weight excluding hydrogens is 660 g/mol. The third-order valence-corrected chi connectivity index (χ3v) is 10.5. The molecule has 4 aromatic carbocycles. The zero-order valence-corrected chi connectivity index (χ0v) is 28.6. The van der Waals surface area contributed by atoms with Crippen LogP contribution in [-0.4, -0.2) is 58.3 Å². The van der Waals surface area contributed by atoms with Gasteiger partial charge in [0.05, 0.1) is 36.7 Å². The van der Waals surface area contributed by atoms with Crippen LogP contribution in [0.2, 0.25) is 5.02 Å². The molecule has 1 aliphatic rings. The summed E-state index contributed by atoms with van der Waals surface area (Å²) in [6, 6.07) is 23.1. The van der Waals surface area contributed by atoms with Crippen molar-refractivity contribution in [1.82, 2.24) is 4.31 Å². The second-order valence-corrected chi connectivity index (χ2v) is 13.7. The number of rotatable bonds is 14. The highest BCUT2D eigenvalue weighted by Gasteiger charge is 2.45. The molecule has 0 radical (unpaired) electrons. The summed E-state index contributed by atoms with van der Waals surface area (Å²) in [5, 5.41) is 12.9. The fourth-order valence-electron chi connectivity index (χ4n) is 5.72. The second-order valence-electron chi connectivity index (χ2n) is 11.3. The van der Waals surface area contributed by atoms with Gasteiger partial charge in [0.2, 0.25) is 10.0 Å². The molecule has 13 heteroatoms. The van der Waals surface area contributed by atoms with E-state index in [2.05, 4.69) is 0 Å². The van der Waals surface area contributed by atoms with Crippen LogP contribution < -0.4 is 14.2 Å². The van der Waals surface area contributed by atoms with Crippen molar-refractivity contribution in [2.75, 3.05) is 34.5 Å². The van der Waals surface area contributed by atoms with Gasteiger partial charge in [0.25, 0.3) is 0 Å². The first-order chi connectivity index (χ1) is 23.0. The molecule has 0 N–H and O–H groups in total. The second kappa shape index (κ2) is 14.9. The van der Waals surface area contributed by atoms with Crippen LogP contribution in [0.5, 0.6) is 17.2 Å². The minimum atomic E-state index is -4.26. The summed E-state index contributed by atoms with van der Waals surface area (Å²) in [7, 11) is 0.383. The normalized spacial score (nSPS) is 16.6. The van der Waals surface area contributed by atoms with E-state index in [9.17, 15) is 18.5 Å². The molecule has 48 heavy (non-hydrogen) atoms. The Hall–Kier alpha value is -4.20. The Labute approximate surface area is 285 Å². The Kier molecular flexibility index (Phi) is 10.9. The maximum absolute atomic E-state index is 14.2. The highest BCUT2D eigenvalue weighted by atomic mass is 35.5. The summed E-state index contributed by atoms with van der Waals surface area (Å²) in [6.07, 6.45) is 0.130. The molecule has 0 saturated heterocycles. The Morgan fingerprint density at radius 2 is 1.52 bits per heavy atom. The van der Waals surface area contributed by atoms with Crippen LogP contribution in [0.4, 0.5) is 5.69 Å². The molecule has 2 atom stereocenters. The predicted molar refractivity (Wildman–Crippen MR) is 180 cm³/mol. The Balaban J connectivity index is 1.48. The van der Waals surface area contributed by atoms with E-state index in [0.717, 1.165) is 17.2 Å². The highest BCUT2D eigenvalue weighted by Crippen LogP contribution is 2.40. The van der Waals surface area contributed by atoms with Crippen molar-refractivity contribution in [3.8, 4) is 17.2 Å². The van der Waals surface area contributed by atoms with E-state index in [1.54, 1.807) is 75.9 Å². The van der Waals surface area contributed by atoms with Crippen LogP contribution in [-0.2, 0) is 44.6 Å². The SMILES string of the molecule is COc1ccc(CN(Cc2ccc(OC)cc2)S(=O)(=O)c2ccc(OC[C@@]3(C(C)OC)OCCc4cc(Cl)ccc43)c([N+](=O)[O-])c2)cc1. The molecule has 4 aromatic rings. The lowest BCUT2D eigenvalue weighted by molar-refractivity contribution is -0.386. The van der Waals surface area contributed by atoms with Gasteiger partial charge in [0.15, 0.2) is 11.4 Å². The van der Waals surface area contributed by atoms with Crippen molar-refractivity contribution in [2.45, 2.75) is 43.0 Å². The summed E-state index contributed by atoms with van der Waals surface area (Å²) in [4.78, 5) is 11.4. The molecular formula is C35H37ClN2O9S. The smallest absolute Gasteiger partial charge is 0.312 e. The largest absolute Gasteiger partial charge is 0.497 e. The number of hydrogen-bond acceptors (Lipinski definition) is 9. The number of nitrogens with zero attached hydrogens (tertiary/aromatic N) is 2. The lowest BCUT2D eigenvalue weighted by Gasteiger charge is -2.42. The van der Waals surface area contributed by atoms with Gasteiger partial charge in [-0.1, -0.05) is 41.9 Å². The van der Waals surface area contributed by atoms with E-state index in [4.69, 9.17) is 35.3 Å². The first-order valence-corrected chi connectivity index (χ1v) is 17.0. The first kappa shape index (κ1) is 35.1. The zero-order valence-electron chi connectivity index (χ0n) is 27.1. The van der Waals surface area contributed by atoms with E-state index >= 15 is 0 Å². The molecule has 5 rings (SSSR count). The van der Waals surface area contributed by atoms with Gasteiger partial charge in [0, 0.05) is 31.3 Å². The number of sulfonamides is 1. The molecule has 1 heterocycles. The highest BCUT2D eigenvalue weighted by molar-refractivity contribution is 7.89. The molecule has 1 unspecified atom stereocenters. The van der Waals surface area contributed by atoms with Crippen LogP contribution in [0.3, 0.4) is 0 Å². The number of methoxy groups -OCH3 is 3. The Morgan fingerprint density at radius 1 is 0.917 bits per heavy atom. The Morgan fingerprint density at radius 3 is 2.06 bits per heavy atom. The third-order valence-electron chi connectivity index (χ3n) is 8.51. The predicted octanol–water partition coefficient (Wildman–Crippen LogP) is 6.54. The first-order valence-electron chi connectivity index (χ1n) is 15.1. The number of nitro groups is 1. The number of hydrogen-bond donors (Lipinski definition) is 0. The summed E-state index contributed by atoms with van der Waals surface area (Å²) in [5.74, 6) is 1.15. The zero-order chi connectivity index (χ0) is 34.5. The van der Waals surface area contributed by atoms with Gasteiger partial charge >= 0.3 is 5.69 Å². The lowest BCUT2D eigenvalue weighted by atomic mass is 9.83. The lowest BCUT2D eigenvalue weighted by Crippen LogP contribution is -2.49. The van der Waals surface area contributed by atoms with Gasteiger partial charge in [-0.3, -0.25) is 10.1 Å². The monoisotopic (exact) mass is 696 g/mol. The molecule has 0 spiro atoms. The topological polar surface area (TPSA) is 127 Å². The summed E-state index contributed by atoms with van der Waals surface area (Å²) in [6.45, 7) is 2.06. The van der Waals surface area contributed by atoms with Crippen molar-refractivity contribution in [3.05, 3.63) is 122 Å². The van der Waals surface area contributed by atoms with Crippen LogP contribution in [0, 0.1) is 10.1 Å². The van der Waals surface area contributed by atoms with Crippen molar-refractivity contribution < 1.29 is 37.0 Å². The quantitative estimate of drug-likeness (QED) is 0.107. The van der Waals surface area contributed by atoms with E-state index in [1.807, 2.05) is 19.1 Å². The summed E-state index contributed by atoms with van der Waals surface area (Å²) >= 11 is 6.26.